The van der Waals surface area contributed by atoms with Crippen LogP contribution in [-0.4, -0.2) is 54.9 Å². The second kappa shape index (κ2) is 11.4. The number of nitrogens with zero attached hydrogens (tertiary/aromatic N) is 3. The number of nitrogens with one attached hydrogen (secondary N) is 3. The summed E-state index contributed by atoms with van der Waals surface area (Å²) in [5.41, 5.74) is 1.04. The molecular weight excluding hydrogens is 519 g/mol. The van der Waals surface area contributed by atoms with E-state index in [9.17, 15) is 13.2 Å². The molecule has 1 aliphatic carbocycles. The van der Waals surface area contributed by atoms with E-state index < -0.39 is 21.9 Å². The zero-order chi connectivity index (χ0) is 26.6. The van der Waals surface area contributed by atoms with Gasteiger partial charge in [0.1, 0.15) is 0 Å². The largest absolute Gasteiger partial charge is 0.453 e. The molecule has 2 aromatic heterocycles. The average molecular weight is 549 g/mol. The van der Waals surface area contributed by atoms with Crippen molar-refractivity contribution < 1.29 is 22.3 Å². The van der Waals surface area contributed by atoms with Gasteiger partial charge in [-0.15, -0.1) is 11.3 Å². The Labute approximate surface area is 219 Å². The predicted molar refractivity (Wildman–Crippen MR) is 142 cm³/mol. The van der Waals surface area contributed by atoms with Gasteiger partial charge in [-0.3, -0.25) is 4.72 Å². The van der Waals surface area contributed by atoms with Crippen LogP contribution in [0.15, 0.2) is 30.5 Å². The lowest BCUT2D eigenvalue weighted by Crippen LogP contribution is -2.37. The summed E-state index contributed by atoms with van der Waals surface area (Å²) in [4.78, 5) is 25.7. The van der Waals surface area contributed by atoms with E-state index in [1.54, 1.807) is 31.3 Å². The zero-order valence-corrected chi connectivity index (χ0v) is 22.4. The highest BCUT2D eigenvalue weighted by atomic mass is 32.2. The topological polar surface area (TPSA) is 135 Å². The minimum atomic E-state index is -3.67. The lowest BCUT2D eigenvalue weighted by atomic mass is 10.1. The first kappa shape index (κ1) is 26.7. The van der Waals surface area contributed by atoms with Crippen LogP contribution in [0.1, 0.15) is 44.0 Å². The second-order valence-corrected chi connectivity index (χ2v) is 11.6. The van der Waals surface area contributed by atoms with Crippen LogP contribution in [0.2, 0.25) is 0 Å². The summed E-state index contributed by atoms with van der Waals surface area (Å²) < 4.78 is 47.1. The number of hydrogen-bond donors (Lipinski definition) is 3. The fraction of sp³-hybridized carbons (Fsp3) is 0.417. The van der Waals surface area contributed by atoms with Crippen molar-refractivity contribution in [2.45, 2.75) is 45.1 Å². The number of sulfonamides is 1. The maximum absolute atomic E-state index is 15.6. The molecular formula is C24H29FN6O4S2. The van der Waals surface area contributed by atoms with Crippen LogP contribution in [0.5, 0.6) is 0 Å². The van der Waals surface area contributed by atoms with Gasteiger partial charge in [-0.1, -0.05) is 13.0 Å². The van der Waals surface area contributed by atoms with Gasteiger partial charge in [0.05, 0.1) is 39.8 Å². The molecule has 10 nitrogen and oxygen atoms in total. The molecule has 0 radical (unpaired) electrons. The van der Waals surface area contributed by atoms with Gasteiger partial charge in [0.25, 0.3) is 0 Å². The number of benzene rings is 1. The Balaban J connectivity index is 1.66. The second-order valence-electron chi connectivity index (χ2n) is 8.78. The van der Waals surface area contributed by atoms with Crippen LogP contribution < -0.4 is 15.4 Å². The van der Waals surface area contributed by atoms with E-state index in [-0.39, 0.29) is 23.0 Å². The van der Waals surface area contributed by atoms with Crippen molar-refractivity contribution in [1.29, 1.82) is 0 Å². The molecule has 3 aromatic rings. The first-order chi connectivity index (χ1) is 17.7. The van der Waals surface area contributed by atoms with E-state index in [0.717, 1.165) is 17.8 Å². The highest BCUT2D eigenvalue weighted by Gasteiger charge is 2.30. The molecule has 37 heavy (non-hydrogen) atoms. The molecule has 1 atom stereocenters. The van der Waals surface area contributed by atoms with E-state index in [1.807, 2.05) is 6.92 Å². The Hall–Kier alpha value is -3.32. The number of ether oxygens (including phenoxy) is 1. The quantitative estimate of drug-likeness (QED) is 0.317. The Kier molecular flexibility index (Phi) is 8.22. The van der Waals surface area contributed by atoms with E-state index >= 15 is 4.39 Å². The number of amides is 1. The first-order valence-electron chi connectivity index (χ1n) is 11.9. The van der Waals surface area contributed by atoms with Gasteiger partial charge < -0.3 is 15.4 Å². The number of halogens is 1. The van der Waals surface area contributed by atoms with Crippen LogP contribution in [0.4, 0.5) is 20.8 Å². The van der Waals surface area contributed by atoms with Crippen molar-refractivity contribution in [3.63, 3.8) is 0 Å². The van der Waals surface area contributed by atoms with Gasteiger partial charge in [-0.05, 0) is 44.4 Å². The average Bonchev–Trinajstić information content (AvgIpc) is 3.62. The van der Waals surface area contributed by atoms with E-state index in [0.29, 0.717) is 41.1 Å². The minimum absolute atomic E-state index is 0.102. The maximum atomic E-state index is 15.6. The molecule has 0 saturated heterocycles. The lowest BCUT2D eigenvalue weighted by Gasteiger charge is -2.14. The zero-order valence-electron chi connectivity index (χ0n) is 20.7. The molecule has 198 valence electrons. The van der Waals surface area contributed by atoms with Crippen molar-refractivity contribution in [3.8, 4) is 21.8 Å². The summed E-state index contributed by atoms with van der Waals surface area (Å²) in [7, 11) is -2.37. The van der Waals surface area contributed by atoms with Crippen LogP contribution in [0.25, 0.3) is 21.8 Å². The lowest BCUT2D eigenvalue weighted by molar-refractivity contribution is 0.168. The number of rotatable bonds is 11. The summed E-state index contributed by atoms with van der Waals surface area (Å²) in [6.07, 6.45) is 3.52. The molecule has 3 N–H and O–H groups in total. The van der Waals surface area contributed by atoms with Crippen LogP contribution in [0.3, 0.4) is 0 Å². The molecule has 0 bridgehead atoms. The van der Waals surface area contributed by atoms with Gasteiger partial charge in [-0.2, -0.15) is 0 Å². The molecule has 1 fully saturated rings. The Morgan fingerprint density at radius 2 is 2.05 bits per heavy atom. The van der Waals surface area contributed by atoms with Crippen LogP contribution >= 0.6 is 11.3 Å². The normalized spacial score (nSPS) is 14.2. The first-order valence-corrected chi connectivity index (χ1v) is 14.4. The molecule has 1 aromatic carbocycles. The number of carbonyl (C=O) groups excluding carboxylic acids is 1. The molecule has 1 amide bonds. The molecule has 2 heterocycles. The van der Waals surface area contributed by atoms with Crippen molar-refractivity contribution in [2.24, 2.45) is 0 Å². The Morgan fingerprint density at radius 3 is 2.76 bits per heavy atom. The molecule has 0 aliphatic heterocycles. The number of hydrogen-bond acceptors (Lipinski definition) is 9. The number of alkyl carbamates (subject to hydrolysis) is 1. The predicted octanol–water partition coefficient (Wildman–Crippen LogP) is 4.59. The standard InChI is InChI=1S/C24H29FN6O4S2/c1-4-12-37(33,34)31-17-7-5-6-16(19(17)25)20-21(36-22(30-20)15-8-9-15)18-10-11-26-23(29-18)27-13-14(2)28-24(32)35-3/h5-7,10-11,14-15,31H,4,8-9,12-13H2,1-3H3,(H,28,32)(H,26,27,29)/t14-/m0/s1. The number of anilines is 2. The van der Waals surface area contributed by atoms with E-state index in [4.69, 9.17) is 4.98 Å². The van der Waals surface area contributed by atoms with E-state index in [2.05, 4.69) is 30.1 Å². The summed E-state index contributed by atoms with van der Waals surface area (Å²) in [5, 5.41) is 6.64. The number of thiazole rings is 1. The molecule has 1 saturated carbocycles. The number of methoxy groups -OCH3 is 1. The third kappa shape index (κ3) is 6.72. The van der Waals surface area contributed by atoms with Gasteiger partial charge in [-0.25, -0.2) is 32.6 Å². The molecule has 0 unspecified atom stereocenters. The fourth-order valence-corrected chi connectivity index (χ4v) is 5.96. The van der Waals surface area contributed by atoms with Crippen LogP contribution in [0, 0.1) is 5.82 Å². The van der Waals surface area contributed by atoms with Gasteiger partial charge in [0, 0.05) is 30.3 Å². The summed E-state index contributed by atoms with van der Waals surface area (Å²) in [5.74, 6) is -0.123. The van der Waals surface area contributed by atoms with Crippen LogP contribution in [-0.2, 0) is 14.8 Å². The van der Waals surface area contributed by atoms with E-state index in [1.165, 1.54) is 24.5 Å². The smallest absolute Gasteiger partial charge is 0.407 e. The summed E-state index contributed by atoms with van der Waals surface area (Å²) >= 11 is 1.45. The van der Waals surface area contributed by atoms with Crippen molar-refractivity contribution in [3.05, 3.63) is 41.3 Å². The molecule has 13 heteroatoms. The van der Waals surface area contributed by atoms with Crippen molar-refractivity contribution in [2.75, 3.05) is 29.4 Å². The number of aromatic nitrogens is 3. The Bertz CT molecular complexity index is 1380. The van der Waals surface area contributed by atoms with Gasteiger partial charge >= 0.3 is 6.09 Å². The van der Waals surface area contributed by atoms with Gasteiger partial charge in [0.15, 0.2) is 5.82 Å². The minimum Gasteiger partial charge on any atom is -0.453 e. The Morgan fingerprint density at radius 1 is 1.27 bits per heavy atom. The highest BCUT2D eigenvalue weighted by Crippen LogP contribution is 2.47. The summed E-state index contributed by atoms with van der Waals surface area (Å²) in [6.45, 7) is 3.91. The van der Waals surface area contributed by atoms with Crippen molar-refractivity contribution >= 4 is 39.1 Å². The fourth-order valence-electron chi connectivity index (χ4n) is 3.60. The monoisotopic (exact) mass is 548 g/mol. The van der Waals surface area contributed by atoms with Gasteiger partial charge in [0.2, 0.25) is 16.0 Å². The number of carbonyl (C=O) groups is 1. The molecule has 1 aliphatic rings. The molecule has 0 spiro atoms. The third-order valence-corrected chi connectivity index (χ3v) is 8.28. The third-order valence-electron chi connectivity index (χ3n) is 5.57. The SMILES string of the molecule is CCCS(=O)(=O)Nc1cccc(-c2nc(C3CC3)sc2-c2ccnc(NC[C@H](C)NC(=O)OC)n2)c1F. The maximum Gasteiger partial charge on any atom is 0.407 e. The molecule has 4 rings (SSSR count). The van der Waals surface area contributed by atoms with Crippen molar-refractivity contribution in [1.82, 2.24) is 20.3 Å². The highest BCUT2D eigenvalue weighted by molar-refractivity contribution is 7.92. The summed E-state index contributed by atoms with van der Waals surface area (Å²) in [6, 6.07) is 6.07.